The van der Waals surface area contributed by atoms with Crippen molar-refractivity contribution in [1.82, 2.24) is 4.90 Å². The maximum absolute atomic E-state index is 12.4. The number of amides is 1. The van der Waals surface area contributed by atoms with Crippen molar-refractivity contribution >= 4 is 16.9 Å². The molecule has 1 atom stereocenters. The molecule has 136 valence electrons. The molecule has 2 aromatic carbocycles. The highest BCUT2D eigenvalue weighted by Crippen LogP contribution is 2.44. The van der Waals surface area contributed by atoms with Crippen LogP contribution in [0.5, 0.6) is 0 Å². The number of hydrogen-bond acceptors (Lipinski definition) is 3. The first kappa shape index (κ1) is 17.3. The fraction of sp³-hybridized carbons (Fsp3) is 0.381. The normalized spacial score (nSPS) is 18.6. The summed E-state index contributed by atoms with van der Waals surface area (Å²) in [7, 11) is -0.846. The molecule has 2 aromatic rings. The SMILES string of the molecule is CS(=O)CC1(C)CN(C(=O)OCC2c3ccccc3-c3ccccc32)C1. The third-order valence-corrected chi connectivity index (χ3v) is 6.39. The van der Waals surface area contributed by atoms with Gasteiger partial charge in [0.2, 0.25) is 0 Å². The van der Waals surface area contributed by atoms with Gasteiger partial charge in [0.25, 0.3) is 0 Å². The molecule has 1 aliphatic heterocycles. The van der Waals surface area contributed by atoms with Gasteiger partial charge in [-0.1, -0.05) is 55.5 Å². The van der Waals surface area contributed by atoms with Crippen LogP contribution >= 0.6 is 0 Å². The Morgan fingerprint density at radius 3 is 2.19 bits per heavy atom. The molecule has 0 saturated carbocycles. The van der Waals surface area contributed by atoms with Gasteiger partial charge in [-0.25, -0.2) is 4.79 Å². The Morgan fingerprint density at radius 2 is 1.65 bits per heavy atom. The van der Waals surface area contributed by atoms with Gasteiger partial charge in [-0.15, -0.1) is 0 Å². The molecule has 4 rings (SSSR count). The van der Waals surface area contributed by atoms with Gasteiger partial charge >= 0.3 is 6.09 Å². The zero-order valence-electron chi connectivity index (χ0n) is 15.1. The minimum Gasteiger partial charge on any atom is -0.448 e. The minimum absolute atomic E-state index is 0.0504. The van der Waals surface area contributed by atoms with Crippen molar-refractivity contribution in [3.05, 3.63) is 59.7 Å². The summed E-state index contributed by atoms with van der Waals surface area (Å²) >= 11 is 0. The highest BCUT2D eigenvalue weighted by Gasteiger charge is 2.43. The summed E-state index contributed by atoms with van der Waals surface area (Å²) in [6, 6.07) is 16.6. The van der Waals surface area contributed by atoms with E-state index < -0.39 is 10.8 Å². The van der Waals surface area contributed by atoms with Crippen LogP contribution in [0.25, 0.3) is 11.1 Å². The lowest BCUT2D eigenvalue weighted by molar-refractivity contribution is 0.0181. The van der Waals surface area contributed by atoms with Crippen LogP contribution in [-0.2, 0) is 15.5 Å². The highest BCUT2D eigenvalue weighted by molar-refractivity contribution is 7.84. The predicted molar refractivity (Wildman–Crippen MR) is 104 cm³/mol. The van der Waals surface area contributed by atoms with E-state index in [1.165, 1.54) is 22.3 Å². The Morgan fingerprint density at radius 1 is 1.12 bits per heavy atom. The van der Waals surface area contributed by atoms with Gasteiger partial charge in [-0.05, 0) is 22.3 Å². The topological polar surface area (TPSA) is 46.6 Å². The van der Waals surface area contributed by atoms with E-state index >= 15 is 0 Å². The second-order valence-corrected chi connectivity index (χ2v) is 9.12. The summed E-state index contributed by atoms with van der Waals surface area (Å²) in [5.41, 5.74) is 4.84. The zero-order chi connectivity index (χ0) is 18.3. The molecule has 2 aliphatic rings. The molecule has 1 unspecified atom stereocenters. The van der Waals surface area contributed by atoms with E-state index in [0.717, 1.165) is 0 Å². The molecular weight excluding hydrogens is 346 g/mol. The molecule has 0 bridgehead atoms. The molecular formula is C21H23NO3S. The van der Waals surface area contributed by atoms with Crippen LogP contribution < -0.4 is 0 Å². The summed E-state index contributed by atoms with van der Waals surface area (Å²) in [5, 5.41) is 0. The van der Waals surface area contributed by atoms with Crippen LogP contribution in [-0.4, -0.2) is 46.9 Å². The lowest BCUT2D eigenvalue weighted by Crippen LogP contribution is -2.59. The summed E-state index contributed by atoms with van der Waals surface area (Å²) < 4.78 is 17.1. The molecule has 4 nitrogen and oxygen atoms in total. The summed E-state index contributed by atoms with van der Waals surface area (Å²) in [5.74, 6) is 0.710. The molecule has 1 aliphatic carbocycles. The molecule has 1 saturated heterocycles. The standard InChI is InChI=1S/C21H23NO3S/c1-21(14-26(2)24)12-22(13-21)20(23)25-11-19-17-9-5-3-7-15(17)16-8-4-6-10-18(16)19/h3-10,19H,11-14H2,1-2H3. The second kappa shape index (κ2) is 6.54. The average molecular weight is 369 g/mol. The zero-order valence-corrected chi connectivity index (χ0v) is 15.9. The molecule has 0 spiro atoms. The van der Waals surface area contributed by atoms with Crippen molar-refractivity contribution in [1.29, 1.82) is 0 Å². The van der Waals surface area contributed by atoms with Crippen molar-refractivity contribution in [2.75, 3.05) is 31.7 Å². The summed E-state index contributed by atoms with van der Waals surface area (Å²) in [4.78, 5) is 14.1. The van der Waals surface area contributed by atoms with E-state index in [2.05, 4.69) is 31.2 Å². The minimum atomic E-state index is -0.846. The highest BCUT2D eigenvalue weighted by atomic mass is 32.2. The Labute approximate surface area is 156 Å². The fourth-order valence-corrected chi connectivity index (χ4v) is 5.44. The van der Waals surface area contributed by atoms with Gasteiger partial charge in [-0.3, -0.25) is 4.21 Å². The summed E-state index contributed by atoms with van der Waals surface area (Å²) in [6.07, 6.45) is 1.44. The van der Waals surface area contributed by atoms with Crippen LogP contribution in [0.2, 0.25) is 0 Å². The fourth-order valence-electron chi connectivity index (χ4n) is 4.27. The average Bonchev–Trinajstić information content (AvgIpc) is 2.91. The van der Waals surface area contributed by atoms with Crippen LogP contribution in [0.15, 0.2) is 48.5 Å². The maximum atomic E-state index is 12.4. The number of likely N-dealkylation sites (tertiary alicyclic amines) is 1. The van der Waals surface area contributed by atoms with Crippen molar-refractivity contribution < 1.29 is 13.7 Å². The molecule has 0 aromatic heterocycles. The maximum Gasteiger partial charge on any atom is 0.409 e. The largest absolute Gasteiger partial charge is 0.448 e. The molecule has 1 fully saturated rings. The molecule has 5 heteroatoms. The lowest BCUT2D eigenvalue weighted by Gasteiger charge is -2.46. The quantitative estimate of drug-likeness (QED) is 0.827. The van der Waals surface area contributed by atoms with Gasteiger partial charge in [0, 0.05) is 47.2 Å². The van der Waals surface area contributed by atoms with Crippen LogP contribution in [0, 0.1) is 5.41 Å². The van der Waals surface area contributed by atoms with E-state index in [9.17, 15) is 9.00 Å². The number of carbonyl (C=O) groups excluding carboxylic acids is 1. The Bertz CT molecular complexity index is 828. The van der Waals surface area contributed by atoms with Gasteiger partial charge < -0.3 is 9.64 Å². The lowest BCUT2D eigenvalue weighted by atomic mass is 9.84. The van der Waals surface area contributed by atoms with E-state index in [-0.39, 0.29) is 17.4 Å². The van der Waals surface area contributed by atoms with Crippen LogP contribution in [0.3, 0.4) is 0 Å². The van der Waals surface area contributed by atoms with Crippen molar-refractivity contribution in [2.24, 2.45) is 5.41 Å². The number of hydrogen-bond donors (Lipinski definition) is 0. The van der Waals surface area contributed by atoms with E-state index in [4.69, 9.17) is 4.74 Å². The Kier molecular flexibility index (Phi) is 4.35. The first-order valence-electron chi connectivity index (χ1n) is 8.87. The van der Waals surface area contributed by atoms with Gasteiger partial charge in [-0.2, -0.15) is 0 Å². The summed E-state index contributed by atoms with van der Waals surface area (Å²) in [6.45, 7) is 3.65. The number of ether oxygens (including phenoxy) is 1. The smallest absolute Gasteiger partial charge is 0.409 e. The molecule has 26 heavy (non-hydrogen) atoms. The van der Waals surface area contributed by atoms with Gasteiger partial charge in [0.15, 0.2) is 0 Å². The van der Waals surface area contributed by atoms with E-state index in [0.29, 0.717) is 25.4 Å². The first-order valence-corrected chi connectivity index (χ1v) is 10.6. The molecule has 0 radical (unpaired) electrons. The predicted octanol–water partition coefficient (Wildman–Crippen LogP) is 3.64. The second-order valence-electron chi connectivity index (χ2n) is 7.69. The molecule has 1 heterocycles. The van der Waals surface area contributed by atoms with Gasteiger partial charge in [0.05, 0.1) is 0 Å². The molecule has 0 N–H and O–H groups in total. The molecule has 1 amide bonds. The third-order valence-electron chi connectivity index (χ3n) is 5.29. The number of rotatable bonds is 4. The van der Waals surface area contributed by atoms with Crippen LogP contribution in [0.4, 0.5) is 4.79 Å². The van der Waals surface area contributed by atoms with Crippen molar-refractivity contribution in [3.63, 3.8) is 0 Å². The number of carbonyl (C=O) groups is 1. The number of fused-ring (bicyclic) bond motifs is 3. The first-order chi connectivity index (χ1) is 12.5. The van der Waals surface area contributed by atoms with Crippen LogP contribution in [0.1, 0.15) is 24.0 Å². The Balaban J connectivity index is 1.43. The number of nitrogens with zero attached hydrogens (tertiary/aromatic N) is 1. The third kappa shape index (κ3) is 3.05. The Hall–Kier alpha value is -2.14. The number of benzene rings is 2. The van der Waals surface area contributed by atoms with E-state index in [1.54, 1.807) is 11.2 Å². The van der Waals surface area contributed by atoms with Crippen molar-refractivity contribution in [3.8, 4) is 11.1 Å². The van der Waals surface area contributed by atoms with Gasteiger partial charge in [0.1, 0.15) is 6.61 Å². The van der Waals surface area contributed by atoms with E-state index in [1.807, 2.05) is 24.3 Å². The van der Waals surface area contributed by atoms with Crippen molar-refractivity contribution in [2.45, 2.75) is 12.8 Å². The monoisotopic (exact) mass is 369 g/mol.